The Kier molecular flexibility index (Phi) is 5.31. The zero-order valence-corrected chi connectivity index (χ0v) is 20.0. The van der Waals surface area contributed by atoms with Crippen LogP contribution in [-0.4, -0.2) is 45.0 Å². The van der Waals surface area contributed by atoms with Crippen molar-refractivity contribution in [2.75, 3.05) is 13.1 Å². The molecule has 0 radical (unpaired) electrons. The number of primary amides is 1. The van der Waals surface area contributed by atoms with E-state index >= 15 is 4.39 Å². The summed E-state index contributed by atoms with van der Waals surface area (Å²) < 4.78 is 23.4. The number of likely N-dealkylation sites (tertiary alicyclic amines) is 1. The van der Waals surface area contributed by atoms with Gasteiger partial charge in [-0.05, 0) is 63.1 Å². The van der Waals surface area contributed by atoms with Gasteiger partial charge in [0.1, 0.15) is 11.4 Å². The Bertz CT molecular complexity index is 1440. The highest BCUT2D eigenvalue weighted by molar-refractivity contribution is 7.23. The number of imidazole rings is 1. The van der Waals surface area contributed by atoms with Crippen LogP contribution in [0.2, 0.25) is 0 Å². The van der Waals surface area contributed by atoms with Crippen molar-refractivity contribution >= 4 is 38.5 Å². The van der Waals surface area contributed by atoms with Gasteiger partial charge in [-0.1, -0.05) is 17.4 Å². The van der Waals surface area contributed by atoms with Crippen molar-refractivity contribution in [3.63, 3.8) is 0 Å². The fourth-order valence-corrected chi connectivity index (χ4v) is 5.35. The number of nitrogens with two attached hydrogens (primary N) is 1. The third-order valence-corrected chi connectivity index (χ3v) is 6.98. The summed E-state index contributed by atoms with van der Waals surface area (Å²) in [5, 5.41) is 0. The quantitative estimate of drug-likeness (QED) is 0.438. The number of carbonyl (C=O) groups excluding carboxylic acids is 2. The van der Waals surface area contributed by atoms with Crippen molar-refractivity contribution < 1.29 is 18.7 Å². The van der Waals surface area contributed by atoms with Crippen molar-refractivity contribution in [1.82, 2.24) is 14.3 Å². The van der Waals surface area contributed by atoms with Gasteiger partial charge in [0, 0.05) is 36.3 Å². The number of benzene rings is 2. The summed E-state index contributed by atoms with van der Waals surface area (Å²) in [5.74, 6) is -0.767. The molecule has 2 N–H and O–H groups in total. The number of ether oxygens (including phenoxy) is 1. The first-order chi connectivity index (χ1) is 16.1. The van der Waals surface area contributed by atoms with Gasteiger partial charge in [0.15, 0.2) is 4.96 Å². The molecular formula is C25H25FN4O3S. The minimum absolute atomic E-state index is 0.0601. The molecule has 9 heteroatoms. The number of amides is 2. The summed E-state index contributed by atoms with van der Waals surface area (Å²) in [6.07, 6.45) is 2.23. The van der Waals surface area contributed by atoms with Gasteiger partial charge in [-0.25, -0.2) is 14.2 Å². The number of thiazole rings is 1. The Morgan fingerprint density at radius 3 is 2.71 bits per heavy atom. The molecule has 3 heterocycles. The highest BCUT2D eigenvalue weighted by atomic mass is 32.1. The number of hydrogen-bond acceptors (Lipinski definition) is 5. The van der Waals surface area contributed by atoms with Crippen LogP contribution >= 0.6 is 11.3 Å². The minimum atomic E-state index is -0.545. The number of nitrogens with zero attached hydrogens (tertiary/aromatic N) is 3. The standard InChI is InChI=1S/C25H25FN4O3S/c1-25(2,3)33-24(32)29-9-8-16(12-29)14-4-6-17(18(26)10-14)19-13-30-20-7-5-15(22(27)31)11-21(20)34-23(30)28-19/h4-7,10-11,13,16H,8-9,12H2,1-3H3,(H2,27,31). The summed E-state index contributed by atoms with van der Waals surface area (Å²) in [4.78, 5) is 30.8. The van der Waals surface area contributed by atoms with Gasteiger partial charge in [-0.15, -0.1) is 0 Å². The summed E-state index contributed by atoms with van der Waals surface area (Å²) in [7, 11) is 0. The Labute approximate surface area is 199 Å². The predicted octanol–water partition coefficient (Wildman–Crippen LogP) is 5.18. The van der Waals surface area contributed by atoms with E-state index in [0.29, 0.717) is 34.9 Å². The van der Waals surface area contributed by atoms with Gasteiger partial charge in [-0.3, -0.25) is 9.20 Å². The zero-order valence-electron chi connectivity index (χ0n) is 19.2. The second-order valence-electron chi connectivity index (χ2n) is 9.58. The second kappa shape index (κ2) is 8.09. The number of carbonyl (C=O) groups is 2. The average Bonchev–Trinajstić information content (AvgIpc) is 3.46. The Morgan fingerprint density at radius 1 is 1.21 bits per heavy atom. The van der Waals surface area contributed by atoms with Crippen LogP contribution in [0.1, 0.15) is 49.0 Å². The van der Waals surface area contributed by atoms with Crippen LogP contribution < -0.4 is 5.73 Å². The first kappa shape index (κ1) is 22.3. The molecule has 1 aliphatic rings. The molecule has 2 amide bonds. The Hall–Kier alpha value is -3.46. The molecule has 1 saturated heterocycles. The van der Waals surface area contributed by atoms with Crippen LogP contribution in [0.5, 0.6) is 0 Å². The fourth-order valence-electron chi connectivity index (χ4n) is 4.30. The Morgan fingerprint density at radius 2 is 2.00 bits per heavy atom. The van der Waals surface area contributed by atoms with Crippen molar-refractivity contribution in [3.8, 4) is 11.3 Å². The van der Waals surface area contributed by atoms with E-state index in [-0.39, 0.29) is 17.8 Å². The third-order valence-electron chi connectivity index (χ3n) is 5.96. The van der Waals surface area contributed by atoms with Gasteiger partial charge < -0.3 is 15.4 Å². The first-order valence-electron chi connectivity index (χ1n) is 11.1. The lowest BCUT2D eigenvalue weighted by Gasteiger charge is -2.24. The zero-order chi connectivity index (χ0) is 24.2. The number of rotatable bonds is 3. The first-order valence-corrected chi connectivity index (χ1v) is 11.9. The number of fused-ring (bicyclic) bond motifs is 3. The second-order valence-corrected chi connectivity index (χ2v) is 10.6. The van der Waals surface area contributed by atoms with Gasteiger partial charge >= 0.3 is 6.09 Å². The molecule has 1 fully saturated rings. The van der Waals surface area contributed by atoms with Crippen LogP contribution in [0.15, 0.2) is 42.6 Å². The predicted molar refractivity (Wildman–Crippen MR) is 130 cm³/mol. The van der Waals surface area contributed by atoms with E-state index in [1.807, 2.05) is 37.3 Å². The van der Waals surface area contributed by atoms with Gasteiger partial charge in [0.2, 0.25) is 5.91 Å². The molecule has 176 valence electrons. The molecule has 2 aromatic heterocycles. The van der Waals surface area contributed by atoms with E-state index in [9.17, 15) is 9.59 Å². The van der Waals surface area contributed by atoms with Crippen molar-refractivity contribution in [2.45, 2.75) is 38.7 Å². The van der Waals surface area contributed by atoms with E-state index in [4.69, 9.17) is 10.5 Å². The van der Waals surface area contributed by atoms with E-state index in [0.717, 1.165) is 22.2 Å². The summed E-state index contributed by atoms with van der Waals surface area (Å²) in [5.41, 5.74) is 7.97. The summed E-state index contributed by atoms with van der Waals surface area (Å²) in [6, 6.07) is 10.4. The maximum absolute atomic E-state index is 15.2. The SMILES string of the molecule is CC(C)(C)OC(=O)N1CCC(c2ccc(-c3cn4c(n3)sc3cc(C(N)=O)ccc34)c(F)c2)C1. The normalized spacial score (nSPS) is 16.5. The molecule has 4 aromatic rings. The van der Waals surface area contributed by atoms with Crippen molar-refractivity contribution in [3.05, 3.63) is 59.5 Å². The molecule has 5 rings (SSSR count). The smallest absolute Gasteiger partial charge is 0.410 e. The fraction of sp³-hybridized carbons (Fsp3) is 0.320. The van der Waals surface area contributed by atoms with E-state index < -0.39 is 11.5 Å². The molecule has 0 saturated carbocycles. The van der Waals surface area contributed by atoms with Gasteiger partial charge in [0.25, 0.3) is 0 Å². The van der Waals surface area contributed by atoms with E-state index in [2.05, 4.69) is 4.98 Å². The van der Waals surface area contributed by atoms with Crippen molar-refractivity contribution in [2.24, 2.45) is 5.73 Å². The summed E-state index contributed by atoms with van der Waals surface area (Å²) >= 11 is 1.42. The van der Waals surface area contributed by atoms with E-state index in [1.165, 1.54) is 11.3 Å². The topological polar surface area (TPSA) is 89.9 Å². The van der Waals surface area contributed by atoms with Crippen molar-refractivity contribution in [1.29, 1.82) is 0 Å². The lowest BCUT2D eigenvalue weighted by atomic mass is 9.96. The van der Waals surface area contributed by atoms with Crippen LogP contribution in [-0.2, 0) is 4.74 Å². The van der Waals surface area contributed by atoms with Crippen LogP contribution in [0.25, 0.3) is 26.4 Å². The molecule has 2 aromatic carbocycles. The molecule has 1 atom stereocenters. The molecule has 0 spiro atoms. The lowest BCUT2D eigenvalue weighted by molar-refractivity contribution is 0.0292. The molecule has 1 aliphatic heterocycles. The average molecular weight is 481 g/mol. The van der Waals surface area contributed by atoms with E-state index in [1.54, 1.807) is 35.4 Å². The molecule has 1 unspecified atom stereocenters. The van der Waals surface area contributed by atoms with Crippen LogP contribution in [0.3, 0.4) is 0 Å². The maximum Gasteiger partial charge on any atom is 0.410 e. The number of halogens is 1. The highest BCUT2D eigenvalue weighted by Gasteiger charge is 2.31. The molecule has 7 nitrogen and oxygen atoms in total. The number of hydrogen-bond donors (Lipinski definition) is 1. The van der Waals surface area contributed by atoms with Gasteiger partial charge in [0.05, 0.1) is 15.9 Å². The molecular weight excluding hydrogens is 455 g/mol. The molecule has 0 aliphatic carbocycles. The summed E-state index contributed by atoms with van der Waals surface area (Å²) in [6.45, 7) is 6.62. The number of aromatic nitrogens is 2. The highest BCUT2D eigenvalue weighted by Crippen LogP contribution is 2.34. The largest absolute Gasteiger partial charge is 0.444 e. The third kappa shape index (κ3) is 4.11. The van der Waals surface area contributed by atoms with Gasteiger partial charge in [-0.2, -0.15) is 0 Å². The monoisotopic (exact) mass is 480 g/mol. The Balaban J connectivity index is 1.37. The van der Waals surface area contributed by atoms with Crippen LogP contribution in [0.4, 0.5) is 9.18 Å². The van der Waals surface area contributed by atoms with Crippen LogP contribution in [0, 0.1) is 5.82 Å². The minimum Gasteiger partial charge on any atom is -0.444 e. The molecule has 0 bridgehead atoms. The maximum atomic E-state index is 15.2. The lowest BCUT2D eigenvalue weighted by Crippen LogP contribution is -2.35. The molecule has 34 heavy (non-hydrogen) atoms.